The summed E-state index contributed by atoms with van der Waals surface area (Å²) < 4.78 is 22.5. The van der Waals surface area contributed by atoms with Gasteiger partial charge in [0, 0.05) is 22.1 Å². The van der Waals surface area contributed by atoms with E-state index >= 15 is 0 Å². The van der Waals surface area contributed by atoms with Crippen LogP contribution in [-0.2, 0) is 20.3 Å². The first kappa shape index (κ1) is 15.3. The fraction of sp³-hybridized carbons (Fsp3) is 0.643. The molecule has 0 aromatic carbocycles. The molecule has 1 aromatic heterocycles. The van der Waals surface area contributed by atoms with Crippen molar-refractivity contribution in [3.63, 3.8) is 0 Å². The monoisotopic (exact) mass is 347 g/mol. The number of nitrogens with one attached hydrogen (secondary N) is 1. The number of thiophene rings is 1. The quantitative estimate of drug-likeness (QED) is 0.771. The molecule has 7 heteroatoms. The number of amides is 1. The van der Waals surface area contributed by atoms with Gasteiger partial charge in [-0.2, -0.15) is 0 Å². The second-order valence-corrected chi connectivity index (χ2v) is 9.94. The van der Waals surface area contributed by atoms with Gasteiger partial charge in [0.05, 0.1) is 6.42 Å². The number of halogens is 1. The van der Waals surface area contributed by atoms with Gasteiger partial charge in [-0.15, -0.1) is 11.3 Å². The zero-order chi connectivity index (χ0) is 15.0. The van der Waals surface area contributed by atoms with E-state index in [4.69, 9.17) is 10.7 Å². The topological polar surface area (TPSA) is 63.2 Å². The normalized spacial score (nSPS) is 19.0. The minimum atomic E-state index is -3.69. The maximum Gasteiger partial charge on any atom is 0.270 e. The second-order valence-electron chi connectivity index (χ2n) is 5.98. The molecule has 0 bridgehead atoms. The molecular formula is C14H18ClNO3S2. The molecule has 1 N–H and O–H groups in total. The lowest BCUT2D eigenvalue weighted by Crippen LogP contribution is -2.32. The first-order valence-electron chi connectivity index (χ1n) is 7.23. The Bertz CT molecular complexity index is 620. The molecule has 1 heterocycles. The summed E-state index contributed by atoms with van der Waals surface area (Å²) in [6.45, 7) is 0.764. The van der Waals surface area contributed by atoms with E-state index in [1.807, 2.05) is 0 Å². The maximum absolute atomic E-state index is 12.0. The van der Waals surface area contributed by atoms with E-state index < -0.39 is 9.05 Å². The Balaban J connectivity index is 1.50. The molecule has 0 radical (unpaired) electrons. The molecule has 1 aromatic rings. The Morgan fingerprint density at radius 2 is 1.90 bits per heavy atom. The van der Waals surface area contributed by atoms with E-state index in [2.05, 4.69) is 5.32 Å². The van der Waals surface area contributed by atoms with Crippen LogP contribution in [0.3, 0.4) is 0 Å². The molecule has 1 amide bonds. The fourth-order valence-electron chi connectivity index (χ4n) is 2.80. The average Bonchev–Trinajstić information content (AvgIpc) is 3.30. The third-order valence-electron chi connectivity index (χ3n) is 4.20. The summed E-state index contributed by atoms with van der Waals surface area (Å²) in [5, 5.41) is 3.01. The first-order valence-corrected chi connectivity index (χ1v) is 10.4. The van der Waals surface area contributed by atoms with Gasteiger partial charge in [0.2, 0.25) is 5.91 Å². The van der Waals surface area contributed by atoms with Crippen molar-refractivity contribution in [2.45, 2.75) is 36.3 Å². The van der Waals surface area contributed by atoms with Crippen LogP contribution >= 0.6 is 22.0 Å². The average molecular weight is 348 g/mol. The summed E-state index contributed by atoms with van der Waals surface area (Å²) in [6.07, 6.45) is 5.44. The lowest BCUT2D eigenvalue weighted by molar-refractivity contribution is -0.120. The Kier molecular flexibility index (Phi) is 4.30. The molecule has 2 saturated carbocycles. The van der Waals surface area contributed by atoms with E-state index in [1.165, 1.54) is 31.7 Å². The van der Waals surface area contributed by atoms with E-state index in [1.54, 1.807) is 6.07 Å². The summed E-state index contributed by atoms with van der Waals surface area (Å²) in [7, 11) is 1.59. The molecule has 0 unspecified atom stereocenters. The molecule has 3 rings (SSSR count). The fourth-order valence-corrected chi connectivity index (χ4v) is 4.93. The van der Waals surface area contributed by atoms with Crippen LogP contribution in [0.15, 0.2) is 16.3 Å². The van der Waals surface area contributed by atoms with Crippen LogP contribution in [0, 0.1) is 17.8 Å². The van der Waals surface area contributed by atoms with Gasteiger partial charge in [0.1, 0.15) is 4.21 Å². The minimum absolute atomic E-state index is 0.0401. The lowest BCUT2D eigenvalue weighted by Gasteiger charge is -2.15. The van der Waals surface area contributed by atoms with Crippen LogP contribution < -0.4 is 5.32 Å². The summed E-state index contributed by atoms with van der Waals surface area (Å²) in [5.41, 5.74) is 0. The molecule has 0 aliphatic heterocycles. The zero-order valence-electron chi connectivity index (χ0n) is 11.5. The summed E-state index contributed by atoms with van der Waals surface area (Å²) in [4.78, 5) is 12.7. The molecule has 4 nitrogen and oxygen atoms in total. The third kappa shape index (κ3) is 4.20. The van der Waals surface area contributed by atoms with Crippen LogP contribution in [-0.4, -0.2) is 20.9 Å². The van der Waals surface area contributed by atoms with E-state index in [0.717, 1.165) is 34.6 Å². The van der Waals surface area contributed by atoms with Gasteiger partial charge in [0.15, 0.2) is 0 Å². The number of hydrogen-bond acceptors (Lipinski definition) is 4. The van der Waals surface area contributed by atoms with Crippen LogP contribution in [0.5, 0.6) is 0 Å². The van der Waals surface area contributed by atoms with Crippen molar-refractivity contribution in [3.8, 4) is 0 Å². The number of rotatable bonds is 7. The van der Waals surface area contributed by atoms with Gasteiger partial charge < -0.3 is 5.32 Å². The lowest BCUT2D eigenvalue weighted by atomic mass is 9.98. The Morgan fingerprint density at radius 3 is 2.38 bits per heavy atom. The molecule has 0 saturated heterocycles. The van der Waals surface area contributed by atoms with Crippen molar-refractivity contribution >= 4 is 37.0 Å². The summed E-state index contributed by atoms with van der Waals surface area (Å²) in [6, 6.07) is 3.10. The summed E-state index contributed by atoms with van der Waals surface area (Å²) in [5.74, 6) is 2.23. The van der Waals surface area contributed by atoms with Crippen molar-refractivity contribution in [1.82, 2.24) is 5.32 Å². The summed E-state index contributed by atoms with van der Waals surface area (Å²) >= 11 is 1.06. The molecule has 2 fully saturated rings. The van der Waals surface area contributed by atoms with Crippen LogP contribution in [0.2, 0.25) is 0 Å². The van der Waals surface area contributed by atoms with Crippen LogP contribution in [0.1, 0.15) is 30.6 Å². The molecule has 116 valence electrons. The maximum atomic E-state index is 12.0. The molecule has 2 aliphatic carbocycles. The molecule has 0 spiro atoms. The number of carbonyl (C=O) groups is 1. The van der Waals surface area contributed by atoms with Crippen LogP contribution in [0.4, 0.5) is 0 Å². The van der Waals surface area contributed by atoms with E-state index in [9.17, 15) is 13.2 Å². The Labute approximate surface area is 133 Å². The highest BCUT2D eigenvalue weighted by Crippen LogP contribution is 2.48. The molecular weight excluding hydrogens is 330 g/mol. The molecule has 2 aliphatic rings. The van der Waals surface area contributed by atoms with Gasteiger partial charge in [-0.1, -0.05) is 0 Å². The SMILES string of the molecule is O=C(Cc1ccc(S(=O)(=O)Cl)s1)NCC(C1CC1)C1CC1. The minimum Gasteiger partial charge on any atom is -0.355 e. The first-order chi connectivity index (χ1) is 9.93. The van der Waals surface area contributed by atoms with Gasteiger partial charge >= 0.3 is 0 Å². The highest BCUT2D eigenvalue weighted by atomic mass is 35.7. The third-order valence-corrected chi connectivity index (χ3v) is 7.38. The zero-order valence-corrected chi connectivity index (χ0v) is 13.9. The van der Waals surface area contributed by atoms with Gasteiger partial charge in [0.25, 0.3) is 9.05 Å². The Morgan fingerprint density at radius 1 is 1.29 bits per heavy atom. The van der Waals surface area contributed by atoms with Gasteiger partial charge in [-0.25, -0.2) is 8.42 Å². The van der Waals surface area contributed by atoms with Crippen molar-refractivity contribution in [1.29, 1.82) is 0 Å². The van der Waals surface area contributed by atoms with Crippen molar-refractivity contribution in [3.05, 3.63) is 17.0 Å². The van der Waals surface area contributed by atoms with Gasteiger partial charge in [-0.3, -0.25) is 4.79 Å². The number of carbonyl (C=O) groups excluding carboxylic acids is 1. The van der Waals surface area contributed by atoms with Crippen LogP contribution in [0.25, 0.3) is 0 Å². The van der Waals surface area contributed by atoms with Crippen molar-refractivity contribution < 1.29 is 13.2 Å². The highest BCUT2D eigenvalue weighted by Gasteiger charge is 2.41. The highest BCUT2D eigenvalue weighted by molar-refractivity contribution is 8.15. The smallest absolute Gasteiger partial charge is 0.270 e. The molecule has 21 heavy (non-hydrogen) atoms. The largest absolute Gasteiger partial charge is 0.355 e. The van der Waals surface area contributed by atoms with Gasteiger partial charge in [-0.05, 0) is 55.6 Å². The predicted octanol–water partition coefficient (Wildman–Crippen LogP) is 2.77. The van der Waals surface area contributed by atoms with Crippen molar-refractivity contribution in [2.75, 3.05) is 6.54 Å². The second kappa shape index (κ2) is 5.89. The van der Waals surface area contributed by atoms with E-state index in [0.29, 0.717) is 5.92 Å². The predicted molar refractivity (Wildman–Crippen MR) is 83.0 cm³/mol. The number of hydrogen-bond donors (Lipinski definition) is 1. The van der Waals surface area contributed by atoms with E-state index in [-0.39, 0.29) is 16.5 Å². The van der Waals surface area contributed by atoms with Crippen molar-refractivity contribution in [2.24, 2.45) is 17.8 Å². The molecule has 0 atom stereocenters. The Hall–Kier alpha value is -0.590. The standard InChI is InChI=1S/C14H18ClNO3S2/c15-21(18,19)14-6-5-11(20-14)7-13(17)16-8-12(9-1-2-9)10-3-4-10/h5-6,9-10,12H,1-4,7-8H2,(H,16,17).